The minimum absolute atomic E-state index is 0.0599. The Morgan fingerprint density at radius 2 is 1.36 bits per heavy atom. The first kappa shape index (κ1) is 32.4. The second kappa shape index (κ2) is 13.9. The molecule has 0 amide bonds. The van der Waals surface area contributed by atoms with Crippen LogP contribution in [0.5, 0.6) is 5.75 Å². The van der Waals surface area contributed by atoms with Crippen molar-refractivity contribution in [3.05, 3.63) is 119 Å². The number of hydrogen-bond donors (Lipinski definition) is 0. The van der Waals surface area contributed by atoms with Gasteiger partial charge in [-0.25, -0.2) is 17.6 Å². The number of rotatable bonds is 10. The van der Waals surface area contributed by atoms with E-state index in [0.717, 1.165) is 41.8 Å². The van der Waals surface area contributed by atoms with E-state index in [2.05, 4.69) is 0 Å². The molecule has 8 heteroatoms. The van der Waals surface area contributed by atoms with E-state index >= 15 is 4.39 Å². The van der Waals surface area contributed by atoms with E-state index in [9.17, 15) is 22.0 Å². The van der Waals surface area contributed by atoms with Gasteiger partial charge in [0.05, 0.1) is 18.3 Å². The van der Waals surface area contributed by atoms with Crippen molar-refractivity contribution in [2.75, 3.05) is 6.61 Å². The summed E-state index contributed by atoms with van der Waals surface area (Å²) in [6.45, 7) is 3.64. The average molecular weight is 625 g/mol. The Morgan fingerprint density at radius 3 is 1.96 bits per heavy atom. The highest BCUT2D eigenvalue weighted by molar-refractivity contribution is 5.71. The molecule has 4 aromatic carbocycles. The van der Waals surface area contributed by atoms with Gasteiger partial charge in [-0.1, -0.05) is 61.5 Å². The maximum atomic E-state index is 15.1. The Balaban J connectivity index is 1.21. The molecule has 0 saturated heterocycles. The predicted octanol–water partition coefficient (Wildman–Crippen LogP) is 11.2. The van der Waals surface area contributed by atoms with Crippen LogP contribution in [0.3, 0.4) is 0 Å². The molecule has 45 heavy (non-hydrogen) atoms. The zero-order valence-corrected chi connectivity index (χ0v) is 25.1. The van der Waals surface area contributed by atoms with E-state index in [4.69, 9.17) is 9.47 Å². The Bertz CT molecular complexity index is 1630. The van der Waals surface area contributed by atoms with E-state index < -0.39 is 46.8 Å². The summed E-state index contributed by atoms with van der Waals surface area (Å²) >= 11 is 0. The van der Waals surface area contributed by atoms with Crippen molar-refractivity contribution in [2.45, 2.75) is 64.1 Å². The first-order valence-electron chi connectivity index (χ1n) is 15.1. The van der Waals surface area contributed by atoms with E-state index in [1.807, 2.05) is 37.3 Å². The maximum absolute atomic E-state index is 15.1. The first-order valence-corrected chi connectivity index (χ1v) is 15.1. The van der Waals surface area contributed by atoms with Crippen molar-refractivity contribution in [1.29, 1.82) is 0 Å². The lowest BCUT2D eigenvalue weighted by atomic mass is 9.82. The second-order valence-electron chi connectivity index (χ2n) is 11.2. The molecule has 0 N–H and O–H groups in total. The third-order valence-electron chi connectivity index (χ3n) is 8.12. The van der Waals surface area contributed by atoms with Gasteiger partial charge in [0.25, 0.3) is 0 Å². The van der Waals surface area contributed by atoms with Crippen LogP contribution in [0.4, 0.5) is 26.3 Å². The van der Waals surface area contributed by atoms with E-state index in [1.54, 1.807) is 19.1 Å². The van der Waals surface area contributed by atoms with Crippen LogP contribution in [-0.2, 0) is 10.8 Å². The molecular formula is C37H34F6O2. The van der Waals surface area contributed by atoms with Crippen LogP contribution in [0.15, 0.2) is 78.9 Å². The van der Waals surface area contributed by atoms with Crippen molar-refractivity contribution in [3.63, 3.8) is 0 Å². The van der Waals surface area contributed by atoms with Crippen molar-refractivity contribution in [2.24, 2.45) is 0 Å². The normalized spacial score (nSPS) is 17.2. The fourth-order valence-electron chi connectivity index (χ4n) is 5.79. The summed E-state index contributed by atoms with van der Waals surface area (Å²) in [4.78, 5) is 0. The molecule has 0 spiro atoms. The standard InChI is InChI=1S/C37H34F6O2/c1-3-5-6-23-7-18-31(33(39)19-23)37(42,43)45-29-15-12-25(13-16-29)24-8-10-26(11-9-24)27-14-17-30(32(38)20-27)28-21-34(40)36(44-4-2)35(41)22-28/h5-11,14,17-22,25,29H,3-4,12-13,15-16H2,1-2H3. The lowest BCUT2D eigenvalue weighted by Gasteiger charge is -2.31. The molecule has 0 heterocycles. The maximum Gasteiger partial charge on any atom is 0.386 e. The zero-order chi connectivity index (χ0) is 32.1. The quantitative estimate of drug-likeness (QED) is 0.164. The van der Waals surface area contributed by atoms with Crippen molar-refractivity contribution in [1.82, 2.24) is 0 Å². The molecule has 0 bridgehead atoms. The van der Waals surface area contributed by atoms with Gasteiger partial charge in [0.2, 0.25) is 0 Å². The average Bonchev–Trinajstić information content (AvgIpc) is 3.02. The van der Waals surface area contributed by atoms with Gasteiger partial charge < -0.3 is 9.47 Å². The van der Waals surface area contributed by atoms with Crippen molar-refractivity contribution >= 4 is 6.08 Å². The van der Waals surface area contributed by atoms with Gasteiger partial charge >= 0.3 is 6.11 Å². The Morgan fingerprint density at radius 1 is 0.711 bits per heavy atom. The summed E-state index contributed by atoms with van der Waals surface area (Å²) in [5.41, 5.74) is 2.25. The monoisotopic (exact) mass is 624 g/mol. The smallest absolute Gasteiger partial charge is 0.386 e. The highest BCUT2D eigenvalue weighted by Crippen LogP contribution is 2.40. The number of allylic oxidation sites excluding steroid dienone is 1. The van der Waals surface area contributed by atoms with Gasteiger partial charge in [-0.05, 0) is 103 Å². The van der Waals surface area contributed by atoms with Crippen molar-refractivity contribution < 1.29 is 35.8 Å². The Labute approximate surface area is 259 Å². The van der Waals surface area contributed by atoms with Gasteiger partial charge in [0.15, 0.2) is 17.4 Å². The second-order valence-corrected chi connectivity index (χ2v) is 11.2. The van der Waals surface area contributed by atoms with E-state index in [-0.39, 0.29) is 23.7 Å². The number of alkyl halides is 2. The molecule has 0 unspecified atom stereocenters. The molecule has 236 valence electrons. The molecule has 1 saturated carbocycles. The fraction of sp³-hybridized carbons (Fsp3) is 0.297. The minimum Gasteiger partial charge on any atom is -0.488 e. The molecule has 0 radical (unpaired) electrons. The summed E-state index contributed by atoms with van der Waals surface area (Å²) in [6.07, 6.45) is 1.88. The summed E-state index contributed by atoms with van der Waals surface area (Å²) in [7, 11) is 0. The molecular weight excluding hydrogens is 590 g/mol. The van der Waals surface area contributed by atoms with Crippen molar-refractivity contribution in [3.8, 4) is 28.0 Å². The minimum atomic E-state index is -3.74. The van der Waals surface area contributed by atoms with E-state index in [0.29, 0.717) is 36.8 Å². The van der Waals surface area contributed by atoms with Crippen LogP contribution < -0.4 is 4.74 Å². The largest absolute Gasteiger partial charge is 0.488 e. The molecule has 4 aromatic rings. The number of hydrogen-bond acceptors (Lipinski definition) is 2. The molecule has 0 aliphatic heterocycles. The van der Waals surface area contributed by atoms with E-state index in [1.165, 1.54) is 18.2 Å². The van der Waals surface area contributed by atoms with Crippen LogP contribution in [-0.4, -0.2) is 12.7 Å². The fourth-order valence-corrected chi connectivity index (χ4v) is 5.79. The highest BCUT2D eigenvalue weighted by Gasteiger charge is 2.39. The van der Waals surface area contributed by atoms with Gasteiger partial charge in [-0.3, -0.25) is 0 Å². The molecule has 1 fully saturated rings. The first-order chi connectivity index (χ1) is 21.6. The number of ether oxygens (including phenoxy) is 2. The van der Waals surface area contributed by atoms with Crippen LogP contribution in [0.25, 0.3) is 28.3 Å². The highest BCUT2D eigenvalue weighted by atomic mass is 19.3. The van der Waals surface area contributed by atoms with Gasteiger partial charge in [-0.15, -0.1) is 0 Å². The van der Waals surface area contributed by atoms with Crippen LogP contribution >= 0.6 is 0 Å². The zero-order valence-electron chi connectivity index (χ0n) is 25.1. The number of benzene rings is 4. The summed E-state index contributed by atoms with van der Waals surface area (Å²) < 4.78 is 98.2. The molecule has 0 aromatic heterocycles. The SMILES string of the molecule is CCC=Cc1ccc(C(F)(F)OC2CCC(c3ccc(-c4ccc(-c5cc(F)c(OCC)c(F)c5)c(F)c4)cc3)CC2)c(F)c1. The van der Waals surface area contributed by atoms with Crippen LogP contribution in [0.1, 0.15) is 68.6 Å². The summed E-state index contributed by atoms with van der Waals surface area (Å²) in [5.74, 6) is -3.79. The lowest BCUT2D eigenvalue weighted by Crippen LogP contribution is -2.30. The third-order valence-corrected chi connectivity index (χ3v) is 8.12. The molecule has 5 rings (SSSR count). The predicted molar refractivity (Wildman–Crippen MR) is 164 cm³/mol. The number of halogens is 6. The Hall–Kier alpha value is -4.04. The lowest BCUT2D eigenvalue weighted by molar-refractivity contribution is -0.278. The molecule has 1 aliphatic carbocycles. The Kier molecular flexibility index (Phi) is 10.0. The summed E-state index contributed by atoms with van der Waals surface area (Å²) in [6, 6.07) is 17.8. The molecule has 0 atom stereocenters. The third kappa shape index (κ3) is 7.44. The molecule has 2 nitrogen and oxygen atoms in total. The molecule has 1 aliphatic rings. The van der Waals surface area contributed by atoms with Crippen LogP contribution in [0.2, 0.25) is 0 Å². The topological polar surface area (TPSA) is 18.5 Å². The summed E-state index contributed by atoms with van der Waals surface area (Å²) in [5, 5.41) is 0. The van der Waals surface area contributed by atoms with Gasteiger partial charge in [0.1, 0.15) is 11.6 Å². The van der Waals surface area contributed by atoms with Gasteiger partial charge in [-0.2, -0.15) is 8.78 Å². The van der Waals surface area contributed by atoms with Gasteiger partial charge in [0, 0.05) is 5.56 Å². The van der Waals surface area contributed by atoms with Crippen LogP contribution in [0, 0.1) is 23.3 Å².